The van der Waals surface area contributed by atoms with Crippen LogP contribution in [-0.2, 0) is 11.2 Å². The molecule has 0 N–H and O–H groups in total. The van der Waals surface area contributed by atoms with Crippen LogP contribution in [-0.4, -0.2) is 55.6 Å². The summed E-state index contributed by atoms with van der Waals surface area (Å²) in [5.74, 6) is 0.223. The number of carbonyl (C=O) groups excluding carboxylic acids is 1. The van der Waals surface area contributed by atoms with Gasteiger partial charge in [-0.15, -0.1) is 0 Å². The van der Waals surface area contributed by atoms with Gasteiger partial charge in [-0.3, -0.25) is 9.69 Å². The zero-order chi connectivity index (χ0) is 20.7. The molecule has 1 heterocycles. The number of likely N-dealkylation sites (N-methyl/N-ethyl adjacent to an activating group) is 1. The molecule has 4 nitrogen and oxygen atoms in total. The van der Waals surface area contributed by atoms with Gasteiger partial charge in [0.25, 0.3) is 0 Å². The summed E-state index contributed by atoms with van der Waals surface area (Å²) >= 11 is 0. The van der Waals surface area contributed by atoms with Crippen molar-refractivity contribution in [1.82, 2.24) is 4.90 Å². The molecule has 2 aromatic carbocycles. The quantitative estimate of drug-likeness (QED) is 0.589. The number of hydrogen-bond donors (Lipinski definition) is 0. The first-order chi connectivity index (χ1) is 14.1. The highest BCUT2D eigenvalue weighted by Crippen LogP contribution is 2.30. The number of Topliss-reactive ketones (excluding diaryl/α,β-unsaturated/α-hetero) is 1. The Morgan fingerprint density at radius 3 is 2.14 bits per heavy atom. The van der Waals surface area contributed by atoms with E-state index in [9.17, 15) is 4.79 Å². The van der Waals surface area contributed by atoms with Crippen molar-refractivity contribution in [2.24, 2.45) is 0 Å². The molecule has 156 valence electrons. The fourth-order valence-corrected chi connectivity index (χ4v) is 4.52. The summed E-state index contributed by atoms with van der Waals surface area (Å²) in [7, 11) is 0. The maximum absolute atomic E-state index is 13.9. The Kier molecular flexibility index (Phi) is 7.45. The molecule has 3 rings (SSSR count). The Bertz CT molecular complexity index is 765. The van der Waals surface area contributed by atoms with Gasteiger partial charge in [0, 0.05) is 24.3 Å². The van der Waals surface area contributed by atoms with E-state index in [1.807, 2.05) is 18.2 Å². The van der Waals surface area contributed by atoms with Crippen molar-refractivity contribution in [2.45, 2.75) is 39.2 Å². The third-order valence-corrected chi connectivity index (χ3v) is 6.22. The lowest BCUT2D eigenvalue weighted by Crippen LogP contribution is -2.55. The molecule has 1 atom stereocenters. The minimum atomic E-state index is -0.522. The first-order valence-electron chi connectivity index (χ1n) is 10.9. The summed E-state index contributed by atoms with van der Waals surface area (Å²) in [5, 5.41) is 0. The van der Waals surface area contributed by atoms with Crippen LogP contribution < -0.4 is 4.90 Å². The lowest BCUT2D eigenvalue weighted by atomic mass is 9.79. The van der Waals surface area contributed by atoms with E-state index >= 15 is 0 Å². The Balaban J connectivity index is 1.90. The lowest BCUT2D eigenvalue weighted by molar-refractivity contribution is 0.0548. The van der Waals surface area contributed by atoms with Gasteiger partial charge in [0.1, 0.15) is 0 Å². The van der Waals surface area contributed by atoms with Crippen molar-refractivity contribution in [2.75, 3.05) is 44.3 Å². The van der Waals surface area contributed by atoms with Crippen LogP contribution in [0.2, 0.25) is 0 Å². The van der Waals surface area contributed by atoms with Gasteiger partial charge in [-0.1, -0.05) is 51.1 Å². The number of ketones is 1. The van der Waals surface area contributed by atoms with Crippen LogP contribution in [0.25, 0.3) is 0 Å². The van der Waals surface area contributed by atoms with Gasteiger partial charge in [0.15, 0.2) is 5.78 Å². The summed E-state index contributed by atoms with van der Waals surface area (Å²) in [6.07, 6.45) is 1.52. The maximum Gasteiger partial charge on any atom is 0.183 e. The first-order valence-corrected chi connectivity index (χ1v) is 10.9. The van der Waals surface area contributed by atoms with Gasteiger partial charge in [-0.05, 0) is 55.8 Å². The number of benzene rings is 2. The largest absolute Gasteiger partial charge is 0.378 e. The van der Waals surface area contributed by atoms with Gasteiger partial charge in [-0.2, -0.15) is 0 Å². The molecule has 1 unspecified atom stereocenters. The topological polar surface area (TPSA) is 32.8 Å². The number of carbonyl (C=O) groups is 1. The van der Waals surface area contributed by atoms with E-state index in [1.165, 1.54) is 5.56 Å². The van der Waals surface area contributed by atoms with Crippen molar-refractivity contribution in [3.63, 3.8) is 0 Å². The van der Waals surface area contributed by atoms with Crippen LogP contribution in [0.5, 0.6) is 0 Å². The number of nitrogens with zero attached hydrogens (tertiary/aromatic N) is 2. The average molecular weight is 395 g/mol. The lowest BCUT2D eigenvalue weighted by Gasteiger charge is -2.42. The van der Waals surface area contributed by atoms with Crippen molar-refractivity contribution >= 4 is 11.5 Å². The van der Waals surface area contributed by atoms with E-state index in [0.29, 0.717) is 0 Å². The average Bonchev–Trinajstić information content (AvgIpc) is 2.80. The predicted octanol–water partition coefficient (Wildman–Crippen LogP) is 4.44. The maximum atomic E-state index is 13.9. The molecule has 1 aliphatic heterocycles. The second kappa shape index (κ2) is 10.0. The number of rotatable bonds is 9. The molecular formula is C25H34N2O2. The van der Waals surface area contributed by atoms with Crippen molar-refractivity contribution < 1.29 is 9.53 Å². The predicted molar refractivity (Wildman–Crippen MR) is 120 cm³/mol. The number of anilines is 1. The second-order valence-electron chi connectivity index (χ2n) is 7.70. The minimum absolute atomic E-state index is 0.223. The first kappa shape index (κ1) is 21.5. The molecule has 29 heavy (non-hydrogen) atoms. The second-order valence-corrected chi connectivity index (χ2v) is 7.70. The van der Waals surface area contributed by atoms with Crippen molar-refractivity contribution in [1.29, 1.82) is 0 Å². The Morgan fingerprint density at radius 1 is 0.966 bits per heavy atom. The molecule has 0 aliphatic carbocycles. The van der Waals surface area contributed by atoms with E-state index in [0.717, 1.165) is 63.5 Å². The zero-order valence-electron chi connectivity index (χ0n) is 18.1. The zero-order valence-corrected chi connectivity index (χ0v) is 18.1. The smallest absolute Gasteiger partial charge is 0.183 e. The SMILES string of the molecule is CCN(CC)C(CC)(Cc1ccccc1)C(=O)c1ccc(N2CCOCC2)cc1. The number of morpholine rings is 1. The van der Waals surface area contributed by atoms with Gasteiger partial charge in [0.05, 0.1) is 18.8 Å². The van der Waals surface area contributed by atoms with Crippen LogP contribution in [0.3, 0.4) is 0 Å². The standard InChI is InChI=1S/C25H34N2O2/c1-4-25(27(5-2)6-3,20-21-10-8-7-9-11-21)24(28)22-12-14-23(15-13-22)26-16-18-29-19-17-26/h7-15H,4-6,16-20H2,1-3H3. The van der Waals surface area contributed by atoms with Gasteiger partial charge in [0.2, 0.25) is 0 Å². The molecular weight excluding hydrogens is 360 g/mol. The molecule has 1 saturated heterocycles. The van der Waals surface area contributed by atoms with Crippen LogP contribution in [0.15, 0.2) is 54.6 Å². The van der Waals surface area contributed by atoms with E-state index in [2.05, 4.69) is 67.0 Å². The highest BCUT2D eigenvalue weighted by Gasteiger charge is 2.41. The fraction of sp³-hybridized carbons (Fsp3) is 0.480. The van der Waals surface area contributed by atoms with Crippen LogP contribution in [0.1, 0.15) is 43.1 Å². The van der Waals surface area contributed by atoms with Crippen molar-refractivity contribution in [3.8, 4) is 0 Å². The van der Waals surface area contributed by atoms with E-state index in [4.69, 9.17) is 4.74 Å². The summed E-state index contributed by atoms with van der Waals surface area (Å²) < 4.78 is 5.45. The fourth-order valence-electron chi connectivity index (χ4n) is 4.52. The van der Waals surface area contributed by atoms with Crippen LogP contribution in [0, 0.1) is 0 Å². The number of ether oxygens (including phenoxy) is 1. The van der Waals surface area contributed by atoms with Gasteiger partial charge < -0.3 is 9.64 Å². The minimum Gasteiger partial charge on any atom is -0.378 e. The van der Waals surface area contributed by atoms with E-state index in [1.54, 1.807) is 0 Å². The van der Waals surface area contributed by atoms with Gasteiger partial charge >= 0.3 is 0 Å². The molecule has 0 amide bonds. The molecule has 2 aromatic rings. The molecule has 0 bridgehead atoms. The highest BCUT2D eigenvalue weighted by molar-refractivity contribution is 6.03. The molecule has 0 saturated carbocycles. The summed E-state index contributed by atoms with van der Waals surface area (Å²) in [6.45, 7) is 11.5. The number of hydrogen-bond acceptors (Lipinski definition) is 4. The van der Waals surface area contributed by atoms with Crippen LogP contribution in [0.4, 0.5) is 5.69 Å². The van der Waals surface area contributed by atoms with Crippen LogP contribution >= 0.6 is 0 Å². The van der Waals surface area contributed by atoms with E-state index in [-0.39, 0.29) is 5.78 Å². The molecule has 0 aromatic heterocycles. The van der Waals surface area contributed by atoms with E-state index < -0.39 is 5.54 Å². The molecule has 4 heteroatoms. The Labute approximate surface area is 175 Å². The third-order valence-electron chi connectivity index (χ3n) is 6.22. The molecule has 0 spiro atoms. The summed E-state index contributed by atoms with van der Waals surface area (Å²) in [6, 6.07) is 18.6. The summed E-state index contributed by atoms with van der Waals surface area (Å²) in [4.78, 5) is 18.5. The Hall–Kier alpha value is -2.17. The monoisotopic (exact) mass is 394 g/mol. The van der Waals surface area contributed by atoms with Gasteiger partial charge in [-0.25, -0.2) is 0 Å². The normalized spacial score (nSPS) is 16.6. The molecule has 1 aliphatic rings. The van der Waals surface area contributed by atoms with Crippen molar-refractivity contribution in [3.05, 3.63) is 65.7 Å². The summed E-state index contributed by atoms with van der Waals surface area (Å²) in [5.41, 5.74) is 2.65. The molecule has 0 radical (unpaired) electrons. The third kappa shape index (κ3) is 4.71. The highest BCUT2D eigenvalue weighted by atomic mass is 16.5. The molecule has 1 fully saturated rings. The Morgan fingerprint density at radius 2 is 1.59 bits per heavy atom.